The molecule has 0 saturated carbocycles. The Bertz CT molecular complexity index is 617. The van der Waals surface area contributed by atoms with Crippen LogP contribution in [0.3, 0.4) is 0 Å². The molecule has 2 aromatic rings. The van der Waals surface area contributed by atoms with Crippen LogP contribution < -0.4 is 15.4 Å². The normalized spacial score (nSPS) is 11.6. The number of para-hydroxylation sites is 3. The SMILES string of the molecule is COC[C@H](C)NC(=O)CNc1ccccc1Oc1ccccc1. The van der Waals surface area contributed by atoms with Gasteiger partial charge in [-0.15, -0.1) is 0 Å². The van der Waals surface area contributed by atoms with E-state index in [1.54, 1.807) is 7.11 Å². The van der Waals surface area contributed by atoms with Gasteiger partial charge in [-0.05, 0) is 31.2 Å². The van der Waals surface area contributed by atoms with E-state index in [4.69, 9.17) is 9.47 Å². The lowest BCUT2D eigenvalue weighted by molar-refractivity contribution is -0.120. The van der Waals surface area contributed by atoms with Gasteiger partial charge in [0.25, 0.3) is 0 Å². The number of methoxy groups -OCH3 is 1. The van der Waals surface area contributed by atoms with Crippen LogP contribution >= 0.6 is 0 Å². The van der Waals surface area contributed by atoms with Crippen LogP contribution in [0.4, 0.5) is 5.69 Å². The fourth-order valence-corrected chi connectivity index (χ4v) is 2.11. The van der Waals surface area contributed by atoms with Crippen LogP contribution in [0.5, 0.6) is 11.5 Å². The molecule has 0 bridgehead atoms. The third kappa shape index (κ3) is 5.64. The summed E-state index contributed by atoms with van der Waals surface area (Å²) in [5.41, 5.74) is 0.769. The van der Waals surface area contributed by atoms with Crippen molar-refractivity contribution in [1.82, 2.24) is 5.32 Å². The number of ether oxygens (including phenoxy) is 2. The summed E-state index contributed by atoms with van der Waals surface area (Å²) in [5.74, 6) is 1.33. The van der Waals surface area contributed by atoms with Gasteiger partial charge in [0.15, 0.2) is 5.75 Å². The van der Waals surface area contributed by atoms with Crippen LogP contribution in [0.1, 0.15) is 6.92 Å². The lowest BCUT2D eigenvalue weighted by Gasteiger charge is -2.15. The second kappa shape index (κ2) is 8.80. The maximum Gasteiger partial charge on any atom is 0.239 e. The minimum Gasteiger partial charge on any atom is -0.455 e. The summed E-state index contributed by atoms with van der Waals surface area (Å²) in [6, 6.07) is 17.0. The third-order valence-electron chi connectivity index (χ3n) is 3.12. The first-order chi connectivity index (χ1) is 11.2. The van der Waals surface area contributed by atoms with E-state index in [0.29, 0.717) is 12.4 Å². The third-order valence-corrected chi connectivity index (χ3v) is 3.12. The second-order valence-corrected chi connectivity index (χ2v) is 5.19. The average molecular weight is 314 g/mol. The van der Waals surface area contributed by atoms with Crippen LogP contribution in [0.25, 0.3) is 0 Å². The first-order valence-corrected chi connectivity index (χ1v) is 7.53. The van der Waals surface area contributed by atoms with Crippen molar-refractivity contribution >= 4 is 11.6 Å². The summed E-state index contributed by atoms with van der Waals surface area (Å²) in [4.78, 5) is 11.9. The molecule has 0 saturated heterocycles. The molecule has 0 spiro atoms. The van der Waals surface area contributed by atoms with E-state index in [1.807, 2.05) is 61.5 Å². The largest absolute Gasteiger partial charge is 0.455 e. The molecule has 0 aliphatic rings. The minimum absolute atomic E-state index is 0.0230. The topological polar surface area (TPSA) is 59.6 Å². The van der Waals surface area contributed by atoms with E-state index < -0.39 is 0 Å². The standard InChI is InChI=1S/C18H22N2O3/c1-14(13-22-2)20-18(21)12-19-16-10-6-7-11-17(16)23-15-8-4-3-5-9-15/h3-11,14,19H,12-13H2,1-2H3,(H,20,21)/t14-/m0/s1. The fourth-order valence-electron chi connectivity index (χ4n) is 2.11. The molecule has 122 valence electrons. The molecule has 2 N–H and O–H groups in total. The number of carbonyl (C=O) groups excluding carboxylic acids is 1. The number of hydrogen-bond donors (Lipinski definition) is 2. The van der Waals surface area contributed by atoms with E-state index in [1.165, 1.54) is 0 Å². The molecule has 0 unspecified atom stereocenters. The number of hydrogen-bond acceptors (Lipinski definition) is 4. The Morgan fingerprint density at radius 1 is 1.09 bits per heavy atom. The van der Waals surface area contributed by atoms with E-state index in [0.717, 1.165) is 11.4 Å². The monoisotopic (exact) mass is 314 g/mol. The summed E-state index contributed by atoms with van der Waals surface area (Å²) < 4.78 is 10.8. The number of carbonyl (C=O) groups is 1. The van der Waals surface area contributed by atoms with Crippen molar-refractivity contribution in [2.24, 2.45) is 0 Å². The summed E-state index contributed by atoms with van der Waals surface area (Å²) in [7, 11) is 1.61. The van der Waals surface area contributed by atoms with Gasteiger partial charge in [0.05, 0.1) is 18.8 Å². The predicted molar refractivity (Wildman–Crippen MR) is 90.9 cm³/mol. The van der Waals surface area contributed by atoms with Gasteiger partial charge in [-0.1, -0.05) is 30.3 Å². The first kappa shape index (κ1) is 16.8. The van der Waals surface area contributed by atoms with E-state index >= 15 is 0 Å². The molecule has 0 heterocycles. The molecule has 0 aliphatic carbocycles. The second-order valence-electron chi connectivity index (χ2n) is 5.19. The van der Waals surface area contributed by atoms with Gasteiger partial charge >= 0.3 is 0 Å². The van der Waals surface area contributed by atoms with Gasteiger partial charge in [-0.25, -0.2) is 0 Å². The Morgan fingerprint density at radius 3 is 2.52 bits per heavy atom. The molecule has 1 amide bonds. The van der Waals surface area contributed by atoms with Crippen LogP contribution in [0.2, 0.25) is 0 Å². The lowest BCUT2D eigenvalue weighted by atomic mass is 10.2. The molecule has 5 nitrogen and oxygen atoms in total. The van der Waals surface area contributed by atoms with E-state index in [-0.39, 0.29) is 18.5 Å². The highest BCUT2D eigenvalue weighted by atomic mass is 16.5. The van der Waals surface area contributed by atoms with Crippen LogP contribution in [-0.2, 0) is 9.53 Å². The number of anilines is 1. The maximum atomic E-state index is 11.9. The van der Waals surface area contributed by atoms with E-state index in [2.05, 4.69) is 10.6 Å². The molecular weight excluding hydrogens is 292 g/mol. The van der Waals surface area contributed by atoms with Crippen molar-refractivity contribution in [3.63, 3.8) is 0 Å². The molecule has 0 fully saturated rings. The van der Waals surface area contributed by atoms with Gasteiger partial charge in [0.2, 0.25) is 5.91 Å². The van der Waals surface area contributed by atoms with Gasteiger partial charge < -0.3 is 20.1 Å². The molecular formula is C18H22N2O3. The quantitative estimate of drug-likeness (QED) is 0.786. The summed E-state index contributed by atoms with van der Waals surface area (Å²) in [6.45, 7) is 2.55. The number of amides is 1. The number of rotatable bonds is 8. The fraction of sp³-hybridized carbons (Fsp3) is 0.278. The van der Waals surface area contributed by atoms with Crippen molar-refractivity contribution < 1.29 is 14.3 Å². The molecule has 1 atom stereocenters. The molecule has 2 aromatic carbocycles. The summed E-state index contributed by atoms with van der Waals surface area (Å²) in [6.07, 6.45) is 0. The smallest absolute Gasteiger partial charge is 0.239 e. The van der Waals surface area contributed by atoms with Crippen molar-refractivity contribution in [2.75, 3.05) is 25.6 Å². The highest BCUT2D eigenvalue weighted by Gasteiger charge is 2.09. The predicted octanol–water partition coefficient (Wildman–Crippen LogP) is 3.04. The average Bonchev–Trinajstić information content (AvgIpc) is 2.55. The molecule has 0 radical (unpaired) electrons. The highest BCUT2D eigenvalue weighted by Crippen LogP contribution is 2.28. The van der Waals surface area contributed by atoms with Crippen LogP contribution in [0.15, 0.2) is 54.6 Å². The zero-order valence-electron chi connectivity index (χ0n) is 13.4. The van der Waals surface area contributed by atoms with E-state index in [9.17, 15) is 4.79 Å². The number of benzene rings is 2. The summed E-state index contributed by atoms with van der Waals surface area (Å²) >= 11 is 0. The maximum absolute atomic E-state index is 11.9. The molecule has 23 heavy (non-hydrogen) atoms. The molecule has 0 aliphatic heterocycles. The van der Waals surface area contributed by atoms with Gasteiger partial charge in [-0.2, -0.15) is 0 Å². The molecule has 5 heteroatoms. The van der Waals surface area contributed by atoms with Gasteiger partial charge in [0.1, 0.15) is 5.75 Å². The van der Waals surface area contributed by atoms with Crippen LogP contribution in [0, 0.1) is 0 Å². The van der Waals surface area contributed by atoms with Crippen molar-refractivity contribution in [3.05, 3.63) is 54.6 Å². The highest BCUT2D eigenvalue weighted by molar-refractivity contribution is 5.81. The van der Waals surface area contributed by atoms with Crippen LogP contribution in [-0.4, -0.2) is 32.2 Å². The Hall–Kier alpha value is -2.53. The Kier molecular flexibility index (Phi) is 6.44. The zero-order valence-corrected chi connectivity index (χ0v) is 13.4. The lowest BCUT2D eigenvalue weighted by Crippen LogP contribution is -2.39. The Morgan fingerprint density at radius 2 is 1.78 bits per heavy atom. The first-order valence-electron chi connectivity index (χ1n) is 7.53. The molecule has 2 rings (SSSR count). The molecule has 0 aromatic heterocycles. The van der Waals surface area contributed by atoms with Crippen molar-refractivity contribution in [3.8, 4) is 11.5 Å². The zero-order chi connectivity index (χ0) is 16.5. The van der Waals surface area contributed by atoms with Crippen molar-refractivity contribution in [2.45, 2.75) is 13.0 Å². The van der Waals surface area contributed by atoms with Crippen molar-refractivity contribution in [1.29, 1.82) is 0 Å². The summed E-state index contributed by atoms with van der Waals surface area (Å²) in [5, 5.41) is 5.96. The Balaban J connectivity index is 1.94. The van der Waals surface area contributed by atoms with Gasteiger partial charge in [-0.3, -0.25) is 4.79 Å². The van der Waals surface area contributed by atoms with Gasteiger partial charge in [0, 0.05) is 13.2 Å². The Labute approximate surface area is 136 Å². The minimum atomic E-state index is -0.0935. The number of nitrogens with one attached hydrogen (secondary N) is 2.